The number of benzene rings is 2. The van der Waals surface area contributed by atoms with E-state index in [1.807, 2.05) is 52.9 Å². The van der Waals surface area contributed by atoms with E-state index in [1.54, 1.807) is 32.1 Å². The Morgan fingerprint density at radius 3 is 2.62 bits per heavy atom. The summed E-state index contributed by atoms with van der Waals surface area (Å²) in [4.78, 5) is 42.6. The van der Waals surface area contributed by atoms with Crippen molar-refractivity contribution in [3.05, 3.63) is 88.1 Å². The summed E-state index contributed by atoms with van der Waals surface area (Å²) in [5.74, 6) is -0.964. The zero-order valence-corrected chi connectivity index (χ0v) is 23.2. The predicted molar refractivity (Wildman–Crippen MR) is 146 cm³/mol. The summed E-state index contributed by atoms with van der Waals surface area (Å²) in [7, 11) is 1.45. The fraction of sp³-hybridized carbons (Fsp3) is 0.231. The lowest BCUT2D eigenvalue weighted by Gasteiger charge is -2.24. The van der Waals surface area contributed by atoms with Crippen molar-refractivity contribution < 1.29 is 28.9 Å². The van der Waals surface area contributed by atoms with Crippen molar-refractivity contribution in [2.75, 3.05) is 20.3 Å². The van der Waals surface area contributed by atoms with Crippen molar-refractivity contribution >= 4 is 51.9 Å². The first-order valence-corrected chi connectivity index (χ1v) is 13.1. The molecule has 2 heterocycles. The maximum Gasteiger partial charge on any atom is 0.341 e. The molecule has 192 valence electrons. The number of carboxylic acids is 1. The van der Waals surface area contributed by atoms with Gasteiger partial charge in [0.05, 0.1) is 39.1 Å². The Kier molecular flexibility index (Phi) is 8.13. The molecule has 37 heavy (non-hydrogen) atoms. The molecule has 11 heteroatoms. The number of halogens is 1. The van der Waals surface area contributed by atoms with Gasteiger partial charge in [0, 0.05) is 0 Å². The van der Waals surface area contributed by atoms with E-state index in [4.69, 9.17) is 19.3 Å². The SMILES string of the molecule is CCOC(=O)C1=C(C)N=c2s/c(=C\c3cc(I)c(OCC(=O)O)c(OC)c3)c(=O)n2[C@H]1c1ccccc1. The smallest absolute Gasteiger partial charge is 0.341 e. The van der Waals surface area contributed by atoms with Gasteiger partial charge >= 0.3 is 11.9 Å². The van der Waals surface area contributed by atoms with E-state index in [0.29, 0.717) is 41.2 Å². The van der Waals surface area contributed by atoms with Gasteiger partial charge in [-0.3, -0.25) is 9.36 Å². The fourth-order valence-electron chi connectivity index (χ4n) is 3.99. The Balaban J connectivity index is 1.87. The molecule has 9 nitrogen and oxygen atoms in total. The number of hydrogen-bond donors (Lipinski definition) is 1. The molecule has 0 saturated carbocycles. The van der Waals surface area contributed by atoms with Crippen molar-refractivity contribution in [3.63, 3.8) is 0 Å². The molecule has 4 rings (SSSR count). The van der Waals surface area contributed by atoms with Gasteiger partial charge in [0.2, 0.25) is 0 Å². The van der Waals surface area contributed by atoms with Crippen LogP contribution >= 0.6 is 33.9 Å². The second-order valence-corrected chi connectivity index (χ2v) is 10.1. The summed E-state index contributed by atoms with van der Waals surface area (Å²) in [6, 6.07) is 12.1. The maximum atomic E-state index is 13.7. The predicted octanol–water partition coefficient (Wildman–Crippen LogP) is 2.87. The Hall–Kier alpha value is -3.45. The number of rotatable bonds is 8. The number of ether oxygens (including phenoxy) is 3. The average Bonchev–Trinajstić information content (AvgIpc) is 3.16. The van der Waals surface area contributed by atoms with Crippen LogP contribution in [0.5, 0.6) is 11.5 Å². The molecule has 0 aliphatic carbocycles. The molecule has 0 unspecified atom stereocenters. The summed E-state index contributed by atoms with van der Waals surface area (Å²) in [5.41, 5.74) is 1.95. The van der Waals surface area contributed by atoms with E-state index in [9.17, 15) is 14.4 Å². The van der Waals surface area contributed by atoms with Gasteiger partial charge in [-0.05, 0) is 65.8 Å². The normalized spacial score (nSPS) is 15.1. The maximum absolute atomic E-state index is 13.7. The summed E-state index contributed by atoms with van der Waals surface area (Å²) in [5, 5.41) is 8.94. The van der Waals surface area contributed by atoms with Gasteiger partial charge in [-0.25, -0.2) is 14.6 Å². The fourth-order valence-corrected chi connectivity index (χ4v) is 5.82. The molecule has 0 saturated heterocycles. The Morgan fingerprint density at radius 1 is 1.24 bits per heavy atom. The monoisotopic (exact) mass is 634 g/mol. The number of allylic oxidation sites excluding steroid dienone is 1. The molecule has 0 bridgehead atoms. The molecular weight excluding hydrogens is 611 g/mol. The molecule has 3 aromatic rings. The van der Waals surface area contributed by atoms with E-state index in [2.05, 4.69) is 4.99 Å². The highest BCUT2D eigenvalue weighted by atomic mass is 127. The van der Waals surface area contributed by atoms with Crippen LogP contribution in [0, 0.1) is 3.57 Å². The zero-order chi connectivity index (χ0) is 26.7. The van der Waals surface area contributed by atoms with Gasteiger partial charge in [0.1, 0.15) is 0 Å². The first kappa shape index (κ1) is 26.6. The average molecular weight is 634 g/mol. The van der Waals surface area contributed by atoms with Gasteiger partial charge in [0.25, 0.3) is 5.56 Å². The van der Waals surface area contributed by atoms with Gasteiger partial charge in [-0.1, -0.05) is 41.7 Å². The number of esters is 1. The van der Waals surface area contributed by atoms with E-state index in [1.165, 1.54) is 23.0 Å². The van der Waals surface area contributed by atoms with Crippen LogP contribution in [0.4, 0.5) is 0 Å². The number of aromatic nitrogens is 1. The third-order valence-electron chi connectivity index (χ3n) is 5.52. The molecule has 1 aliphatic heterocycles. The van der Waals surface area contributed by atoms with E-state index < -0.39 is 24.6 Å². The first-order valence-electron chi connectivity index (χ1n) is 11.2. The second kappa shape index (κ2) is 11.3. The quantitative estimate of drug-likeness (QED) is 0.299. The molecule has 0 spiro atoms. The van der Waals surface area contributed by atoms with Crippen LogP contribution in [-0.4, -0.2) is 41.9 Å². The van der Waals surface area contributed by atoms with Crippen molar-refractivity contribution in [3.8, 4) is 11.5 Å². The molecule has 0 fully saturated rings. The lowest BCUT2D eigenvalue weighted by Crippen LogP contribution is -2.39. The van der Waals surface area contributed by atoms with Crippen LogP contribution in [-0.2, 0) is 14.3 Å². The number of methoxy groups -OCH3 is 1. The third-order valence-corrected chi connectivity index (χ3v) is 7.31. The summed E-state index contributed by atoms with van der Waals surface area (Å²) in [6.07, 6.45) is 1.71. The lowest BCUT2D eigenvalue weighted by atomic mass is 9.96. The molecule has 1 aromatic heterocycles. The van der Waals surface area contributed by atoms with Crippen LogP contribution in [0.15, 0.2) is 63.5 Å². The minimum Gasteiger partial charge on any atom is -0.493 e. The van der Waals surface area contributed by atoms with Crippen molar-refractivity contribution in [2.24, 2.45) is 4.99 Å². The third kappa shape index (κ3) is 5.47. The lowest BCUT2D eigenvalue weighted by molar-refractivity contribution is -0.140. The summed E-state index contributed by atoms with van der Waals surface area (Å²) >= 11 is 3.24. The zero-order valence-electron chi connectivity index (χ0n) is 20.2. The number of carbonyl (C=O) groups is 2. The number of carboxylic acid groups (broad SMARTS) is 1. The van der Waals surface area contributed by atoms with Gasteiger partial charge in [0.15, 0.2) is 22.9 Å². The van der Waals surface area contributed by atoms with Crippen molar-refractivity contribution in [1.29, 1.82) is 0 Å². The number of carbonyl (C=O) groups excluding carboxylic acids is 1. The highest BCUT2D eigenvalue weighted by molar-refractivity contribution is 14.1. The van der Waals surface area contributed by atoms with Crippen LogP contribution in [0.2, 0.25) is 0 Å². The standard InChI is InChI=1S/C26H23IN2O7S/c1-4-35-25(33)21-14(2)28-26-29(22(21)16-8-6-5-7-9-16)24(32)19(37-26)12-15-10-17(27)23(18(11-15)34-3)36-13-20(30)31/h5-12,22H,4,13H2,1-3H3,(H,30,31)/b19-12-/t22-/m0/s1. The minimum atomic E-state index is -1.10. The molecule has 1 N–H and O–H groups in total. The Morgan fingerprint density at radius 2 is 1.97 bits per heavy atom. The summed E-state index contributed by atoms with van der Waals surface area (Å²) in [6.45, 7) is 3.16. The van der Waals surface area contributed by atoms with Gasteiger partial charge < -0.3 is 19.3 Å². The molecule has 1 aliphatic rings. The van der Waals surface area contributed by atoms with Crippen LogP contribution in [0.25, 0.3) is 6.08 Å². The molecule has 0 radical (unpaired) electrons. The molecular formula is C26H23IN2O7S. The Bertz CT molecular complexity index is 1570. The van der Waals surface area contributed by atoms with Gasteiger partial charge in [-0.15, -0.1) is 0 Å². The van der Waals surface area contributed by atoms with Crippen molar-refractivity contribution in [2.45, 2.75) is 19.9 Å². The van der Waals surface area contributed by atoms with Gasteiger partial charge in [-0.2, -0.15) is 0 Å². The minimum absolute atomic E-state index is 0.203. The van der Waals surface area contributed by atoms with Crippen LogP contribution < -0.4 is 24.4 Å². The highest BCUT2D eigenvalue weighted by Crippen LogP contribution is 2.34. The van der Waals surface area contributed by atoms with Crippen molar-refractivity contribution in [1.82, 2.24) is 4.57 Å². The topological polar surface area (TPSA) is 116 Å². The Labute approximate surface area is 229 Å². The van der Waals surface area contributed by atoms with Crippen LogP contribution in [0.3, 0.4) is 0 Å². The highest BCUT2D eigenvalue weighted by Gasteiger charge is 2.33. The number of thiazole rings is 1. The first-order chi connectivity index (χ1) is 17.7. The number of nitrogens with zero attached hydrogens (tertiary/aromatic N) is 2. The number of fused-ring (bicyclic) bond motifs is 1. The number of hydrogen-bond acceptors (Lipinski definition) is 8. The van der Waals surface area contributed by atoms with E-state index >= 15 is 0 Å². The summed E-state index contributed by atoms with van der Waals surface area (Å²) < 4.78 is 18.6. The number of aliphatic carboxylic acids is 1. The molecule has 0 amide bonds. The van der Waals surface area contributed by atoms with Crippen LogP contribution in [0.1, 0.15) is 31.0 Å². The second-order valence-electron chi connectivity index (χ2n) is 7.93. The molecule has 1 atom stereocenters. The van der Waals surface area contributed by atoms with E-state index in [-0.39, 0.29) is 12.2 Å². The largest absolute Gasteiger partial charge is 0.493 e. The molecule has 2 aromatic carbocycles. The van der Waals surface area contributed by atoms with E-state index in [0.717, 1.165) is 5.56 Å².